The van der Waals surface area contributed by atoms with E-state index in [-0.39, 0.29) is 11.9 Å². The fraction of sp³-hybridized carbons (Fsp3) is 0.480. The summed E-state index contributed by atoms with van der Waals surface area (Å²) in [6.07, 6.45) is 1.04. The molecule has 0 saturated carbocycles. The molecule has 0 radical (unpaired) electrons. The molecule has 0 spiro atoms. The van der Waals surface area contributed by atoms with E-state index in [1.807, 2.05) is 17.0 Å². The monoisotopic (exact) mass is 442 g/mol. The van der Waals surface area contributed by atoms with Crippen LogP contribution in [0.15, 0.2) is 36.4 Å². The number of halogens is 1. The molecule has 31 heavy (non-hydrogen) atoms. The highest BCUT2D eigenvalue weighted by Crippen LogP contribution is 2.39. The molecule has 2 aromatic carbocycles. The number of hydrogen-bond acceptors (Lipinski definition) is 4. The van der Waals surface area contributed by atoms with Crippen LogP contribution in [0.1, 0.15) is 46.4 Å². The number of piperazine rings is 1. The predicted octanol–water partition coefficient (Wildman–Crippen LogP) is 4.64. The predicted molar refractivity (Wildman–Crippen MR) is 123 cm³/mol. The van der Waals surface area contributed by atoms with Gasteiger partial charge in [0.25, 0.3) is 5.91 Å². The Kier molecular flexibility index (Phi) is 6.56. The Morgan fingerprint density at radius 1 is 1.06 bits per heavy atom. The van der Waals surface area contributed by atoms with E-state index in [0.717, 1.165) is 25.3 Å². The molecule has 1 unspecified atom stereocenters. The van der Waals surface area contributed by atoms with E-state index >= 15 is 0 Å². The van der Waals surface area contributed by atoms with Crippen molar-refractivity contribution < 1.29 is 14.3 Å². The summed E-state index contributed by atoms with van der Waals surface area (Å²) in [7, 11) is 1.68. The Hall–Kier alpha value is -2.08. The van der Waals surface area contributed by atoms with Crippen molar-refractivity contribution in [1.82, 2.24) is 9.80 Å². The van der Waals surface area contributed by atoms with Crippen LogP contribution in [0, 0.1) is 13.8 Å². The molecule has 2 aliphatic rings. The van der Waals surface area contributed by atoms with Crippen LogP contribution in [-0.2, 0) is 4.74 Å². The van der Waals surface area contributed by atoms with Crippen molar-refractivity contribution in [3.8, 4) is 5.75 Å². The van der Waals surface area contributed by atoms with Gasteiger partial charge in [0.05, 0.1) is 6.61 Å². The van der Waals surface area contributed by atoms with E-state index < -0.39 is 0 Å². The highest BCUT2D eigenvalue weighted by molar-refractivity contribution is 6.30. The van der Waals surface area contributed by atoms with E-state index in [4.69, 9.17) is 21.1 Å². The second-order valence-electron chi connectivity index (χ2n) is 8.62. The molecule has 2 aromatic rings. The third kappa shape index (κ3) is 4.32. The second-order valence-corrected chi connectivity index (χ2v) is 9.06. The molecule has 3 atom stereocenters. The van der Waals surface area contributed by atoms with Crippen LogP contribution in [0.5, 0.6) is 5.75 Å². The van der Waals surface area contributed by atoms with Crippen molar-refractivity contribution >= 4 is 17.5 Å². The highest BCUT2D eigenvalue weighted by atomic mass is 35.5. The van der Waals surface area contributed by atoms with Gasteiger partial charge in [-0.25, -0.2) is 0 Å². The van der Waals surface area contributed by atoms with Crippen molar-refractivity contribution in [3.63, 3.8) is 0 Å². The average molecular weight is 443 g/mol. The largest absolute Gasteiger partial charge is 0.491 e. The van der Waals surface area contributed by atoms with Crippen molar-refractivity contribution in [2.75, 3.05) is 33.4 Å². The van der Waals surface area contributed by atoms with Crippen LogP contribution in [0.25, 0.3) is 0 Å². The van der Waals surface area contributed by atoms with Gasteiger partial charge in [-0.15, -0.1) is 0 Å². The van der Waals surface area contributed by atoms with Gasteiger partial charge in [-0.05, 0) is 74.2 Å². The molecular weight excluding hydrogens is 412 g/mol. The molecule has 0 N–H and O–H groups in total. The number of methoxy groups -OCH3 is 1. The molecule has 5 nitrogen and oxygen atoms in total. The van der Waals surface area contributed by atoms with Crippen molar-refractivity contribution in [3.05, 3.63) is 63.7 Å². The molecule has 1 amide bonds. The summed E-state index contributed by atoms with van der Waals surface area (Å²) in [5.74, 6) is 1.04. The molecule has 2 saturated heterocycles. The maximum absolute atomic E-state index is 13.0. The maximum atomic E-state index is 13.0. The number of benzene rings is 2. The molecule has 2 fully saturated rings. The van der Waals surface area contributed by atoms with Gasteiger partial charge in [0.2, 0.25) is 0 Å². The summed E-state index contributed by atoms with van der Waals surface area (Å²) in [6.45, 7) is 9.41. The smallest absolute Gasteiger partial charge is 0.254 e. The molecule has 0 aliphatic carbocycles. The number of rotatable bonds is 7. The summed E-state index contributed by atoms with van der Waals surface area (Å²) in [4.78, 5) is 17.6. The van der Waals surface area contributed by atoms with Crippen molar-refractivity contribution in [2.45, 2.75) is 45.3 Å². The van der Waals surface area contributed by atoms with E-state index in [1.54, 1.807) is 19.2 Å². The van der Waals surface area contributed by atoms with Gasteiger partial charge in [0, 0.05) is 48.9 Å². The number of nitrogens with zero attached hydrogens (tertiary/aromatic N) is 2. The Morgan fingerprint density at radius 2 is 1.81 bits per heavy atom. The minimum Gasteiger partial charge on any atom is -0.491 e. The minimum atomic E-state index is 0.112. The number of ether oxygens (including phenoxy) is 2. The number of likely N-dealkylation sites (tertiary alicyclic amines) is 2. The fourth-order valence-electron chi connectivity index (χ4n) is 5.02. The van der Waals surface area contributed by atoms with Crippen LogP contribution in [0.3, 0.4) is 0 Å². The molecule has 2 heterocycles. The zero-order chi connectivity index (χ0) is 22.1. The quantitative estimate of drug-likeness (QED) is 0.586. The summed E-state index contributed by atoms with van der Waals surface area (Å²) < 4.78 is 11.0. The topological polar surface area (TPSA) is 42.0 Å². The number of carbonyl (C=O) groups is 1. The summed E-state index contributed by atoms with van der Waals surface area (Å²) in [5, 5.41) is 0.653. The normalized spacial score (nSPS) is 21.5. The lowest BCUT2D eigenvalue weighted by Crippen LogP contribution is -2.49. The van der Waals surface area contributed by atoms with Gasteiger partial charge in [0.15, 0.2) is 0 Å². The molecule has 0 aromatic heterocycles. The Balaban J connectivity index is 1.44. The molecule has 4 rings (SSSR count). The summed E-state index contributed by atoms with van der Waals surface area (Å²) in [5.41, 5.74) is 4.51. The van der Waals surface area contributed by atoms with Gasteiger partial charge < -0.3 is 14.4 Å². The van der Waals surface area contributed by atoms with E-state index in [1.165, 1.54) is 16.7 Å². The Labute approximate surface area is 189 Å². The average Bonchev–Trinajstić information content (AvgIpc) is 3.38. The number of fused-ring (bicyclic) bond motifs is 2. The van der Waals surface area contributed by atoms with Crippen LogP contribution in [0.2, 0.25) is 5.02 Å². The first-order valence-electron chi connectivity index (χ1n) is 10.9. The third-order valence-electron chi connectivity index (χ3n) is 6.91. The molecular formula is C25H31ClN2O3. The number of carbonyl (C=O) groups excluding carboxylic acids is 1. The van der Waals surface area contributed by atoms with Gasteiger partial charge in [-0.2, -0.15) is 0 Å². The van der Waals surface area contributed by atoms with Crippen LogP contribution in [-0.4, -0.2) is 61.2 Å². The Bertz CT molecular complexity index is 947. The van der Waals surface area contributed by atoms with Crippen LogP contribution in [0.4, 0.5) is 0 Å². The first-order chi connectivity index (χ1) is 14.9. The van der Waals surface area contributed by atoms with Crippen LogP contribution < -0.4 is 4.74 Å². The number of amides is 1. The Morgan fingerprint density at radius 3 is 2.45 bits per heavy atom. The number of hydrogen-bond donors (Lipinski definition) is 0. The second kappa shape index (κ2) is 9.19. The lowest BCUT2D eigenvalue weighted by molar-refractivity contribution is 0.0569. The van der Waals surface area contributed by atoms with Crippen molar-refractivity contribution in [2.24, 2.45) is 0 Å². The van der Waals surface area contributed by atoms with Crippen LogP contribution >= 0.6 is 11.6 Å². The SMILES string of the molecule is COCCOc1ccc(C(C)N2C[C@H]3C[C@@H]2CN3C(=O)c2ccc(Cl)cc2)c(C)c1C. The van der Waals surface area contributed by atoms with Gasteiger partial charge in [-0.1, -0.05) is 17.7 Å². The fourth-order valence-corrected chi connectivity index (χ4v) is 5.14. The third-order valence-corrected chi connectivity index (χ3v) is 7.16. The first kappa shape index (κ1) is 22.1. The lowest BCUT2D eigenvalue weighted by Gasteiger charge is -2.38. The molecule has 6 heteroatoms. The van der Waals surface area contributed by atoms with Crippen molar-refractivity contribution in [1.29, 1.82) is 0 Å². The summed E-state index contributed by atoms with van der Waals surface area (Å²) >= 11 is 5.97. The zero-order valence-corrected chi connectivity index (χ0v) is 19.5. The molecule has 2 aliphatic heterocycles. The highest BCUT2D eigenvalue weighted by Gasteiger charge is 2.47. The summed E-state index contributed by atoms with van der Waals surface area (Å²) in [6, 6.07) is 12.4. The first-order valence-corrected chi connectivity index (χ1v) is 11.3. The van der Waals surface area contributed by atoms with E-state index in [9.17, 15) is 4.79 Å². The molecule has 2 bridgehead atoms. The van der Waals surface area contributed by atoms with Gasteiger partial charge in [-0.3, -0.25) is 9.69 Å². The maximum Gasteiger partial charge on any atom is 0.254 e. The lowest BCUT2D eigenvalue weighted by atomic mass is 9.96. The van der Waals surface area contributed by atoms with Gasteiger partial charge in [0.1, 0.15) is 12.4 Å². The van der Waals surface area contributed by atoms with E-state index in [0.29, 0.717) is 35.9 Å². The van der Waals surface area contributed by atoms with Gasteiger partial charge >= 0.3 is 0 Å². The van der Waals surface area contributed by atoms with E-state index in [2.05, 4.69) is 37.8 Å². The minimum absolute atomic E-state index is 0.112. The zero-order valence-electron chi connectivity index (χ0n) is 18.7. The molecule has 166 valence electrons. The standard InChI is InChI=1S/C25H31ClN2O3/c1-16-17(2)24(31-12-11-30-4)10-9-23(16)18(3)27-14-22-13-21(27)15-28(22)25(29)19-5-7-20(26)8-6-19/h5-10,18,21-22H,11-15H2,1-4H3/t18?,21-,22-/m1/s1.